The van der Waals surface area contributed by atoms with Gasteiger partial charge in [0.05, 0.1) is 13.7 Å². The Morgan fingerprint density at radius 2 is 2.26 bits per heavy atom. The van der Waals surface area contributed by atoms with Gasteiger partial charge in [0.15, 0.2) is 0 Å². The van der Waals surface area contributed by atoms with Crippen molar-refractivity contribution >= 4 is 5.97 Å². The quantitative estimate of drug-likeness (QED) is 0.870. The minimum atomic E-state index is -0.358. The standard InChI is InChI=1S/C17H21N3O3/c1-12-15(17(21)22-2)9-14(23-12)11-20-8-7-19-10-16(20)13-3-5-18-6-4-13/h3-6,9,16,19H,7-8,10-11H2,1-2H3. The van der Waals surface area contributed by atoms with Crippen molar-refractivity contribution < 1.29 is 13.9 Å². The van der Waals surface area contributed by atoms with E-state index in [1.54, 1.807) is 13.0 Å². The Kier molecular flexibility index (Phi) is 4.73. The maximum Gasteiger partial charge on any atom is 0.341 e. The second kappa shape index (κ2) is 6.93. The van der Waals surface area contributed by atoms with Crippen LogP contribution < -0.4 is 5.32 Å². The Bertz CT molecular complexity index is 669. The molecular formula is C17H21N3O3. The molecule has 1 fully saturated rings. The number of rotatable bonds is 4. The summed E-state index contributed by atoms with van der Waals surface area (Å²) in [5.74, 6) is 1.02. The van der Waals surface area contributed by atoms with Gasteiger partial charge in [0.2, 0.25) is 0 Å². The number of esters is 1. The summed E-state index contributed by atoms with van der Waals surface area (Å²) < 4.78 is 10.5. The van der Waals surface area contributed by atoms with Crippen molar-refractivity contribution in [2.45, 2.75) is 19.5 Å². The molecule has 1 atom stereocenters. The molecule has 122 valence electrons. The first-order chi connectivity index (χ1) is 11.2. The average molecular weight is 315 g/mol. The van der Waals surface area contributed by atoms with Gasteiger partial charge in [-0.15, -0.1) is 0 Å². The second-order valence-corrected chi connectivity index (χ2v) is 5.65. The average Bonchev–Trinajstić information content (AvgIpc) is 2.96. The van der Waals surface area contributed by atoms with Crippen molar-refractivity contribution in [3.8, 4) is 0 Å². The third kappa shape index (κ3) is 3.43. The maximum atomic E-state index is 11.7. The van der Waals surface area contributed by atoms with E-state index in [9.17, 15) is 4.79 Å². The van der Waals surface area contributed by atoms with Crippen molar-refractivity contribution in [1.82, 2.24) is 15.2 Å². The van der Waals surface area contributed by atoms with Crippen LogP contribution >= 0.6 is 0 Å². The number of hydrogen-bond acceptors (Lipinski definition) is 6. The Hall–Kier alpha value is -2.18. The van der Waals surface area contributed by atoms with E-state index in [2.05, 4.69) is 15.2 Å². The number of piperazine rings is 1. The van der Waals surface area contributed by atoms with Crippen LogP contribution in [0.15, 0.2) is 35.0 Å². The van der Waals surface area contributed by atoms with E-state index in [1.165, 1.54) is 12.7 Å². The molecule has 0 spiro atoms. The summed E-state index contributed by atoms with van der Waals surface area (Å²) in [7, 11) is 1.38. The molecule has 1 N–H and O–H groups in total. The zero-order valence-electron chi connectivity index (χ0n) is 13.4. The van der Waals surface area contributed by atoms with Crippen LogP contribution in [0.4, 0.5) is 0 Å². The van der Waals surface area contributed by atoms with Gasteiger partial charge in [-0.05, 0) is 30.7 Å². The lowest BCUT2D eigenvalue weighted by Gasteiger charge is -2.35. The fourth-order valence-electron chi connectivity index (χ4n) is 2.98. The highest BCUT2D eigenvalue weighted by atomic mass is 16.5. The number of carbonyl (C=O) groups is 1. The fourth-order valence-corrected chi connectivity index (χ4v) is 2.98. The Labute approximate surface area is 135 Å². The van der Waals surface area contributed by atoms with Crippen LogP contribution in [-0.4, -0.2) is 42.6 Å². The lowest BCUT2D eigenvalue weighted by molar-refractivity contribution is 0.0599. The van der Waals surface area contributed by atoms with Crippen molar-refractivity contribution in [2.24, 2.45) is 0 Å². The van der Waals surface area contributed by atoms with Gasteiger partial charge in [0.1, 0.15) is 17.1 Å². The van der Waals surface area contributed by atoms with Crippen LogP contribution in [0.1, 0.15) is 33.5 Å². The van der Waals surface area contributed by atoms with Crippen LogP contribution in [0.2, 0.25) is 0 Å². The van der Waals surface area contributed by atoms with Gasteiger partial charge < -0.3 is 14.5 Å². The molecule has 0 amide bonds. The molecule has 23 heavy (non-hydrogen) atoms. The first kappa shape index (κ1) is 15.7. The second-order valence-electron chi connectivity index (χ2n) is 5.65. The Balaban J connectivity index is 1.79. The van der Waals surface area contributed by atoms with Crippen LogP contribution in [0.25, 0.3) is 0 Å². The highest BCUT2D eigenvalue weighted by Gasteiger charge is 2.25. The summed E-state index contributed by atoms with van der Waals surface area (Å²) in [6, 6.07) is 6.13. The summed E-state index contributed by atoms with van der Waals surface area (Å²) >= 11 is 0. The van der Waals surface area contributed by atoms with Gasteiger partial charge in [-0.2, -0.15) is 0 Å². The normalized spacial score (nSPS) is 18.8. The number of nitrogens with zero attached hydrogens (tertiary/aromatic N) is 2. The van der Waals surface area contributed by atoms with Crippen molar-refractivity contribution in [2.75, 3.05) is 26.7 Å². The molecule has 3 heterocycles. The molecule has 6 heteroatoms. The number of ether oxygens (including phenoxy) is 1. The topological polar surface area (TPSA) is 67.6 Å². The molecule has 1 aliphatic rings. The number of nitrogens with one attached hydrogen (secondary N) is 1. The van der Waals surface area contributed by atoms with E-state index in [0.29, 0.717) is 17.9 Å². The monoisotopic (exact) mass is 315 g/mol. The van der Waals surface area contributed by atoms with E-state index < -0.39 is 0 Å². The fraction of sp³-hybridized carbons (Fsp3) is 0.412. The van der Waals surface area contributed by atoms with E-state index in [-0.39, 0.29) is 12.0 Å². The minimum Gasteiger partial charge on any atom is -0.465 e. The van der Waals surface area contributed by atoms with Crippen LogP contribution in [0.5, 0.6) is 0 Å². The van der Waals surface area contributed by atoms with Crippen molar-refractivity contribution in [1.29, 1.82) is 0 Å². The lowest BCUT2D eigenvalue weighted by atomic mass is 10.0. The lowest BCUT2D eigenvalue weighted by Crippen LogP contribution is -2.45. The minimum absolute atomic E-state index is 0.263. The maximum absolute atomic E-state index is 11.7. The molecule has 1 unspecified atom stereocenters. The summed E-state index contributed by atoms with van der Waals surface area (Å²) in [5, 5.41) is 3.43. The zero-order chi connectivity index (χ0) is 16.2. The Morgan fingerprint density at radius 1 is 1.48 bits per heavy atom. The van der Waals surface area contributed by atoms with Gasteiger partial charge in [0, 0.05) is 38.1 Å². The number of aromatic nitrogens is 1. The van der Waals surface area contributed by atoms with Crippen LogP contribution in [0.3, 0.4) is 0 Å². The number of pyridine rings is 1. The molecule has 0 aromatic carbocycles. The molecular weight excluding hydrogens is 294 g/mol. The summed E-state index contributed by atoms with van der Waals surface area (Å²) in [6.45, 7) is 5.18. The molecule has 2 aromatic rings. The summed E-state index contributed by atoms with van der Waals surface area (Å²) in [6.07, 6.45) is 3.63. The predicted molar refractivity (Wildman–Crippen MR) is 85.0 cm³/mol. The SMILES string of the molecule is COC(=O)c1cc(CN2CCNCC2c2ccncc2)oc1C. The predicted octanol–water partition coefficient (Wildman–Crippen LogP) is 1.92. The van der Waals surface area contributed by atoms with E-state index in [1.807, 2.05) is 24.5 Å². The van der Waals surface area contributed by atoms with Crippen LogP contribution in [0, 0.1) is 6.92 Å². The van der Waals surface area contributed by atoms with Gasteiger partial charge in [0.25, 0.3) is 0 Å². The number of aryl methyl sites for hydroxylation is 1. The zero-order valence-corrected chi connectivity index (χ0v) is 13.4. The third-order valence-electron chi connectivity index (χ3n) is 4.18. The smallest absolute Gasteiger partial charge is 0.341 e. The first-order valence-corrected chi connectivity index (χ1v) is 7.71. The van der Waals surface area contributed by atoms with Gasteiger partial charge in [-0.1, -0.05) is 0 Å². The molecule has 0 bridgehead atoms. The van der Waals surface area contributed by atoms with Gasteiger partial charge in [-0.3, -0.25) is 9.88 Å². The number of carbonyl (C=O) groups excluding carboxylic acids is 1. The van der Waals surface area contributed by atoms with E-state index in [0.717, 1.165) is 25.4 Å². The van der Waals surface area contributed by atoms with Crippen molar-refractivity contribution in [3.63, 3.8) is 0 Å². The number of furan rings is 1. The van der Waals surface area contributed by atoms with Crippen LogP contribution in [-0.2, 0) is 11.3 Å². The third-order valence-corrected chi connectivity index (χ3v) is 4.18. The van der Waals surface area contributed by atoms with E-state index in [4.69, 9.17) is 9.15 Å². The molecule has 1 saturated heterocycles. The first-order valence-electron chi connectivity index (χ1n) is 7.71. The summed E-state index contributed by atoms with van der Waals surface area (Å²) in [5.41, 5.74) is 1.72. The molecule has 0 saturated carbocycles. The molecule has 2 aromatic heterocycles. The van der Waals surface area contributed by atoms with Crippen molar-refractivity contribution in [3.05, 3.63) is 53.2 Å². The molecule has 6 nitrogen and oxygen atoms in total. The number of methoxy groups -OCH3 is 1. The Morgan fingerprint density at radius 3 is 3.00 bits per heavy atom. The molecule has 0 radical (unpaired) electrons. The highest BCUT2D eigenvalue weighted by molar-refractivity contribution is 5.90. The molecule has 3 rings (SSSR count). The molecule has 0 aliphatic carbocycles. The van der Waals surface area contributed by atoms with E-state index >= 15 is 0 Å². The van der Waals surface area contributed by atoms with Gasteiger partial charge in [-0.25, -0.2) is 4.79 Å². The summed E-state index contributed by atoms with van der Waals surface area (Å²) in [4.78, 5) is 18.1. The van der Waals surface area contributed by atoms with Gasteiger partial charge >= 0.3 is 5.97 Å². The largest absolute Gasteiger partial charge is 0.465 e. The highest BCUT2D eigenvalue weighted by Crippen LogP contribution is 2.25. The number of hydrogen-bond donors (Lipinski definition) is 1. The molecule has 1 aliphatic heterocycles.